The first-order valence-corrected chi connectivity index (χ1v) is 10.3. The smallest absolute Gasteiger partial charge is 0.420 e. The van der Waals surface area contributed by atoms with Gasteiger partial charge in [0.1, 0.15) is 11.9 Å². The first kappa shape index (κ1) is 21.9. The van der Waals surface area contributed by atoms with Gasteiger partial charge >= 0.3 is 12.1 Å². The topological polar surface area (TPSA) is 128 Å². The van der Waals surface area contributed by atoms with Gasteiger partial charge in [0.15, 0.2) is 11.5 Å². The second-order valence-corrected chi connectivity index (χ2v) is 8.04. The lowest BCUT2D eigenvalue weighted by molar-refractivity contribution is 0.0523. The van der Waals surface area contributed by atoms with Crippen LogP contribution in [-0.4, -0.2) is 54.0 Å². The van der Waals surface area contributed by atoms with Gasteiger partial charge in [-0.1, -0.05) is 6.07 Å². The van der Waals surface area contributed by atoms with Gasteiger partial charge < -0.3 is 9.47 Å². The van der Waals surface area contributed by atoms with Crippen molar-refractivity contribution in [1.82, 2.24) is 29.8 Å². The van der Waals surface area contributed by atoms with Crippen molar-refractivity contribution in [2.24, 2.45) is 0 Å². The molecule has 0 aliphatic carbocycles. The fourth-order valence-electron chi connectivity index (χ4n) is 3.16. The van der Waals surface area contributed by atoms with Crippen molar-refractivity contribution in [1.29, 1.82) is 0 Å². The Morgan fingerprint density at radius 1 is 1.21 bits per heavy atom. The number of fused-ring (bicyclic) bond motifs is 1. The van der Waals surface area contributed by atoms with E-state index in [-0.39, 0.29) is 19.4 Å². The van der Waals surface area contributed by atoms with E-state index in [1.54, 1.807) is 75.1 Å². The zero-order valence-corrected chi connectivity index (χ0v) is 18.6. The van der Waals surface area contributed by atoms with Gasteiger partial charge in [0.25, 0.3) is 0 Å². The molecule has 3 heterocycles. The highest BCUT2D eigenvalue weighted by molar-refractivity contribution is 6.00. The summed E-state index contributed by atoms with van der Waals surface area (Å²) in [7, 11) is 0. The zero-order valence-electron chi connectivity index (χ0n) is 18.6. The lowest BCUT2D eigenvalue weighted by Crippen LogP contribution is -2.34. The monoisotopic (exact) mass is 451 g/mol. The summed E-state index contributed by atoms with van der Waals surface area (Å²) >= 11 is 0. The molecule has 0 spiro atoms. The molecule has 11 nitrogen and oxygen atoms in total. The average molecular weight is 451 g/mol. The standard InChI is InChI=1S/C22H23N7O4.H2/c1-5-32-20(30)14-7-6-8-16(9-14)28(21(31)33-22(2,3)4)18-19-24-13-27-29(19)17(12-23-18)15-10-25-26-11-15;/h6-13H,5H2,1-4H3,(H,25,26);1H. The molecule has 0 saturated heterocycles. The molecule has 1 N–H and O–H groups in total. The summed E-state index contributed by atoms with van der Waals surface area (Å²) in [6.07, 6.45) is 5.58. The summed E-state index contributed by atoms with van der Waals surface area (Å²) in [5.74, 6) is -0.311. The number of nitrogens with one attached hydrogen (secondary N) is 1. The number of nitrogens with zero attached hydrogens (tertiary/aromatic N) is 6. The number of H-pyrrole nitrogens is 1. The van der Waals surface area contributed by atoms with Gasteiger partial charge in [-0.25, -0.2) is 29.0 Å². The molecule has 0 aliphatic heterocycles. The molecule has 0 radical (unpaired) electrons. The van der Waals surface area contributed by atoms with E-state index >= 15 is 0 Å². The quantitative estimate of drug-likeness (QED) is 0.451. The van der Waals surface area contributed by atoms with E-state index in [1.807, 2.05) is 0 Å². The van der Waals surface area contributed by atoms with Crippen LogP contribution in [0.4, 0.5) is 16.3 Å². The summed E-state index contributed by atoms with van der Waals surface area (Å²) in [6.45, 7) is 7.25. The van der Waals surface area contributed by atoms with Gasteiger partial charge in [-0.05, 0) is 45.9 Å². The number of aromatic nitrogens is 6. The summed E-state index contributed by atoms with van der Waals surface area (Å²) in [5.41, 5.74) is 1.58. The van der Waals surface area contributed by atoms with Crippen LogP contribution in [-0.2, 0) is 9.47 Å². The van der Waals surface area contributed by atoms with E-state index in [9.17, 15) is 9.59 Å². The largest absolute Gasteiger partial charge is 0.462 e. The molecule has 1 amide bonds. The molecular formula is C22H25N7O4. The molecule has 0 aliphatic rings. The Hall–Kier alpha value is -4.28. The van der Waals surface area contributed by atoms with Crippen LogP contribution < -0.4 is 4.90 Å². The Morgan fingerprint density at radius 2 is 2.03 bits per heavy atom. The summed E-state index contributed by atoms with van der Waals surface area (Å²) in [6, 6.07) is 6.47. The van der Waals surface area contributed by atoms with Crippen molar-refractivity contribution in [2.75, 3.05) is 11.5 Å². The minimum absolute atomic E-state index is 0. The number of carbonyl (C=O) groups excluding carboxylic acids is 2. The number of amides is 1. The first-order valence-electron chi connectivity index (χ1n) is 10.3. The number of hydrogen-bond donors (Lipinski definition) is 1. The molecule has 3 aromatic heterocycles. The summed E-state index contributed by atoms with van der Waals surface area (Å²) in [4.78, 5) is 35.7. The molecular weight excluding hydrogens is 426 g/mol. The van der Waals surface area contributed by atoms with Crippen LogP contribution in [0.3, 0.4) is 0 Å². The molecule has 0 atom stereocenters. The predicted molar refractivity (Wildman–Crippen MR) is 121 cm³/mol. The lowest BCUT2D eigenvalue weighted by atomic mass is 10.2. The van der Waals surface area contributed by atoms with Gasteiger partial charge in [0.05, 0.1) is 35.9 Å². The number of ether oxygens (including phenoxy) is 2. The van der Waals surface area contributed by atoms with Crippen LogP contribution in [0.15, 0.2) is 49.2 Å². The Morgan fingerprint density at radius 3 is 2.73 bits per heavy atom. The minimum atomic E-state index is -0.769. The highest BCUT2D eigenvalue weighted by atomic mass is 16.6. The molecule has 0 bridgehead atoms. The van der Waals surface area contributed by atoms with Crippen LogP contribution in [0.2, 0.25) is 0 Å². The van der Waals surface area contributed by atoms with E-state index in [4.69, 9.17) is 9.47 Å². The normalized spacial score (nSPS) is 11.4. The third-order valence-electron chi connectivity index (χ3n) is 4.48. The molecule has 0 fully saturated rings. The van der Waals surface area contributed by atoms with Crippen LogP contribution >= 0.6 is 0 Å². The Labute approximate surface area is 190 Å². The van der Waals surface area contributed by atoms with E-state index in [0.29, 0.717) is 17.0 Å². The average Bonchev–Trinajstić information content (AvgIpc) is 3.46. The Balaban J connectivity index is 0.00000324. The second-order valence-electron chi connectivity index (χ2n) is 8.04. The minimum Gasteiger partial charge on any atom is -0.462 e. The number of benzene rings is 1. The van der Waals surface area contributed by atoms with E-state index in [2.05, 4.69) is 25.3 Å². The molecule has 0 unspecified atom stereocenters. The van der Waals surface area contributed by atoms with Crippen LogP contribution in [0, 0.1) is 0 Å². The van der Waals surface area contributed by atoms with Gasteiger partial charge in [-0.15, -0.1) is 0 Å². The van der Waals surface area contributed by atoms with Gasteiger partial charge in [0.2, 0.25) is 0 Å². The maximum absolute atomic E-state index is 13.3. The van der Waals surface area contributed by atoms with Crippen molar-refractivity contribution in [3.05, 3.63) is 54.7 Å². The molecule has 4 aromatic rings. The number of anilines is 2. The van der Waals surface area contributed by atoms with Crippen LogP contribution in [0.1, 0.15) is 39.5 Å². The SMILES string of the molecule is CCOC(=O)c1cccc(N(C(=O)OC(C)(C)C)c2ncc(-c3cn[nH]c3)n3ncnc23)c1.[HH]. The first-order chi connectivity index (χ1) is 15.8. The van der Waals surface area contributed by atoms with E-state index in [1.165, 1.54) is 11.2 Å². The zero-order chi connectivity index (χ0) is 23.6. The Bertz CT molecular complexity index is 1300. The van der Waals surface area contributed by atoms with Crippen molar-refractivity contribution in [3.63, 3.8) is 0 Å². The highest BCUT2D eigenvalue weighted by Crippen LogP contribution is 2.31. The molecule has 172 valence electrons. The van der Waals surface area contributed by atoms with E-state index in [0.717, 1.165) is 5.56 Å². The molecule has 0 saturated carbocycles. The number of aromatic amines is 1. The molecule has 1 aromatic carbocycles. The van der Waals surface area contributed by atoms with Crippen LogP contribution in [0.5, 0.6) is 0 Å². The summed E-state index contributed by atoms with van der Waals surface area (Å²) in [5, 5.41) is 11.0. The van der Waals surface area contributed by atoms with Crippen LogP contribution in [0.25, 0.3) is 16.9 Å². The summed E-state index contributed by atoms with van der Waals surface area (Å²) < 4.78 is 12.3. The molecule has 4 rings (SSSR count). The van der Waals surface area contributed by atoms with Crippen molar-refractivity contribution >= 4 is 29.2 Å². The van der Waals surface area contributed by atoms with Crippen molar-refractivity contribution < 1.29 is 20.5 Å². The maximum Gasteiger partial charge on any atom is 0.420 e. The van der Waals surface area contributed by atoms with Gasteiger partial charge in [-0.2, -0.15) is 10.2 Å². The van der Waals surface area contributed by atoms with Gasteiger partial charge in [0, 0.05) is 13.2 Å². The van der Waals surface area contributed by atoms with E-state index < -0.39 is 17.7 Å². The predicted octanol–water partition coefficient (Wildman–Crippen LogP) is 4.01. The number of carbonyl (C=O) groups is 2. The van der Waals surface area contributed by atoms with Crippen molar-refractivity contribution in [3.8, 4) is 11.3 Å². The highest BCUT2D eigenvalue weighted by Gasteiger charge is 2.29. The molecule has 11 heteroatoms. The van der Waals surface area contributed by atoms with Gasteiger partial charge in [-0.3, -0.25) is 5.10 Å². The third-order valence-corrected chi connectivity index (χ3v) is 4.48. The fourth-order valence-corrected chi connectivity index (χ4v) is 3.16. The lowest BCUT2D eigenvalue weighted by Gasteiger charge is -2.27. The number of hydrogen-bond acceptors (Lipinski definition) is 8. The number of esters is 1. The third kappa shape index (κ3) is 4.52. The van der Waals surface area contributed by atoms with Crippen molar-refractivity contribution in [2.45, 2.75) is 33.3 Å². The number of rotatable bonds is 5. The second kappa shape index (κ2) is 8.69. The Kier molecular flexibility index (Phi) is 5.78. The maximum atomic E-state index is 13.3. The molecule has 33 heavy (non-hydrogen) atoms. The fraction of sp³-hybridized carbons (Fsp3) is 0.273.